The van der Waals surface area contributed by atoms with Crippen LogP contribution in [0.15, 0.2) is 30.6 Å². The van der Waals surface area contributed by atoms with E-state index in [0.29, 0.717) is 29.9 Å². The number of benzene rings is 1. The third-order valence-electron chi connectivity index (χ3n) is 6.28. The second kappa shape index (κ2) is 8.44. The first-order chi connectivity index (χ1) is 15.8. The molecule has 34 heavy (non-hydrogen) atoms. The van der Waals surface area contributed by atoms with Crippen molar-refractivity contribution >= 4 is 23.6 Å². The number of nitrogens with zero attached hydrogens (tertiary/aromatic N) is 4. The predicted octanol–water partition coefficient (Wildman–Crippen LogP) is 4.38. The molecule has 2 fully saturated rings. The molecule has 1 aromatic heterocycles. The Morgan fingerprint density at radius 3 is 2.15 bits per heavy atom. The van der Waals surface area contributed by atoms with E-state index in [9.17, 15) is 22.8 Å². The fraction of sp³-hybridized carbons (Fsp3) is 0.478. The van der Waals surface area contributed by atoms with Crippen molar-refractivity contribution in [2.75, 3.05) is 23.3 Å². The number of rotatable bonds is 3. The number of fused-ring (bicyclic) bond motifs is 2. The Morgan fingerprint density at radius 1 is 1.06 bits per heavy atom. The molecule has 0 spiro atoms. The number of aromatic nitrogens is 2. The molecule has 2 aliphatic heterocycles. The number of nitrogens with one attached hydrogen (secondary N) is 1. The molecule has 0 radical (unpaired) electrons. The van der Waals surface area contributed by atoms with Gasteiger partial charge in [-0.1, -0.05) is 20.8 Å². The maximum absolute atomic E-state index is 13.5. The summed E-state index contributed by atoms with van der Waals surface area (Å²) in [4.78, 5) is 36.1. The summed E-state index contributed by atoms with van der Waals surface area (Å²) in [5, 5.41) is 11.5. The van der Waals surface area contributed by atoms with Gasteiger partial charge >= 0.3 is 12.3 Å². The number of carbonyl (C=O) groups is 2. The lowest BCUT2D eigenvalue weighted by molar-refractivity contribution is -0.138. The third kappa shape index (κ3) is 4.64. The molecular formula is C23H26F3N5O3. The Labute approximate surface area is 194 Å². The van der Waals surface area contributed by atoms with Gasteiger partial charge in [0.2, 0.25) is 5.95 Å². The number of halogens is 3. The van der Waals surface area contributed by atoms with Gasteiger partial charge in [0.15, 0.2) is 0 Å². The van der Waals surface area contributed by atoms with E-state index in [2.05, 4.69) is 15.3 Å². The summed E-state index contributed by atoms with van der Waals surface area (Å²) in [6.07, 6.45) is -2.56. The molecule has 3 heterocycles. The number of anilines is 2. The smallest absolute Gasteiger partial charge is 0.419 e. The van der Waals surface area contributed by atoms with Gasteiger partial charge in [0, 0.05) is 36.7 Å². The topological polar surface area (TPSA) is 98.7 Å². The molecule has 2 amide bonds. The SMILES string of the molecule is CC(C)(C)c1cc(C(=O)N2C3CCC2CN(c2ncc(C(F)(F)F)cn2)C3)ccc1NC(=O)O. The van der Waals surface area contributed by atoms with Gasteiger partial charge in [-0.15, -0.1) is 0 Å². The maximum Gasteiger partial charge on any atom is 0.419 e. The molecule has 2 N–H and O–H groups in total. The molecule has 0 saturated carbocycles. The lowest BCUT2D eigenvalue weighted by Gasteiger charge is -2.41. The van der Waals surface area contributed by atoms with Crippen LogP contribution in [0.3, 0.4) is 0 Å². The molecule has 2 bridgehead atoms. The molecule has 8 nitrogen and oxygen atoms in total. The van der Waals surface area contributed by atoms with Gasteiger partial charge in [0.25, 0.3) is 5.91 Å². The number of hydrogen-bond acceptors (Lipinski definition) is 5. The van der Waals surface area contributed by atoms with Crippen LogP contribution in [0.1, 0.15) is 55.1 Å². The minimum absolute atomic E-state index is 0.118. The molecule has 2 aliphatic rings. The molecule has 2 atom stereocenters. The normalized spacial score (nSPS) is 20.4. The van der Waals surface area contributed by atoms with Gasteiger partial charge in [0.1, 0.15) is 0 Å². The first-order valence-corrected chi connectivity index (χ1v) is 11.0. The Bertz CT molecular complexity index is 1080. The minimum atomic E-state index is -4.50. The summed E-state index contributed by atoms with van der Waals surface area (Å²) < 4.78 is 38.4. The van der Waals surface area contributed by atoms with Crippen LogP contribution in [0, 0.1) is 0 Å². The van der Waals surface area contributed by atoms with E-state index in [1.165, 1.54) is 0 Å². The summed E-state index contributed by atoms with van der Waals surface area (Å²) in [5.41, 5.74) is 0.320. The van der Waals surface area contributed by atoms with Crippen molar-refractivity contribution < 1.29 is 27.9 Å². The molecule has 2 aromatic rings. The van der Waals surface area contributed by atoms with Gasteiger partial charge in [-0.3, -0.25) is 10.1 Å². The molecule has 2 saturated heterocycles. The third-order valence-corrected chi connectivity index (χ3v) is 6.28. The molecule has 1 aromatic carbocycles. The molecule has 2 unspecified atom stereocenters. The first kappa shape index (κ1) is 23.8. The van der Waals surface area contributed by atoms with Crippen molar-refractivity contribution in [3.05, 3.63) is 47.3 Å². The van der Waals surface area contributed by atoms with Gasteiger partial charge in [-0.05, 0) is 42.0 Å². The van der Waals surface area contributed by atoms with E-state index in [4.69, 9.17) is 5.11 Å². The number of alkyl halides is 3. The highest BCUT2D eigenvalue weighted by Gasteiger charge is 2.44. The number of carboxylic acid groups (broad SMARTS) is 1. The van der Waals surface area contributed by atoms with Gasteiger partial charge in [0.05, 0.1) is 17.6 Å². The standard InChI is InChI=1S/C23H26F3N5O3/c1-22(2,3)17-8-13(4-7-18(17)29-21(33)34)19(32)31-15-5-6-16(31)12-30(11-15)20-27-9-14(10-28-20)23(24,25)26/h4,7-10,15-16,29H,5-6,11-12H2,1-3H3,(H,33,34). The average molecular weight is 477 g/mol. The molecule has 11 heteroatoms. The summed E-state index contributed by atoms with van der Waals surface area (Å²) in [6, 6.07) is 4.72. The number of amides is 2. The predicted molar refractivity (Wildman–Crippen MR) is 119 cm³/mol. The van der Waals surface area contributed by atoms with Crippen molar-refractivity contribution in [2.45, 2.75) is 57.3 Å². The van der Waals surface area contributed by atoms with Crippen molar-refractivity contribution in [3.8, 4) is 0 Å². The van der Waals surface area contributed by atoms with E-state index in [1.807, 2.05) is 30.6 Å². The van der Waals surface area contributed by atoms with Crippen LogP contribution in [0.2, 0.25) is 0 Å². The van der Waals surface area contributed by atoms with Crippen LogP contribution in [-0.4, -0.2) is 57.1 Å². The minimum Gasteiger partial charge on any atom is -0.465 e. The van der Waals surface area contributed by atoms with E-state index >= 15 is 0 Å². The first-order valence-electron chi connectivity index (χ1n) is 11.0. The van der Waals surface area contributed by atoms with Gasteiger partial charge in [-0.25, -0.2) is 14.8 Å². The summed E-state index contributed by atoms with van der Waals surface area (Å²) in [5.74, 6) is 0.0731. The van der Waals surface area contributed by atoms with E-state index < -0.39 is 23.2 Å². The molecular weight excluding hydrogens is 451 g/mol. The Morgan fingerprint density at radius 2 is 1.65 bits per heavy atom. The zero-order valence-electron chi connectivity index (χ0n) is 19.1. The number of hydrogen-bond donors (Lipinski definition) is 2. The van der Waals surface area contributed by atoms with Crippen molar-refractivity contribution in [1.29, 1.82) is 0 Å². The summed E-state index contributed by atoms with van der Waals surface area (Å²) in [7, 11) is 0. The Balaban J connectivity index is 1.54. The number of piperazine rings is 1. The molecule has 4 rings (SSSR count). The van der Waals surface area contributed by atoms with Crippen LogP contribution in [0.4, 0.5) is 29.6 Å². The zero-order valence-corrected chi connectivity index (χ0v) is 19.1. The monoisotopic (exact) mass is 477 g/mol. The highest BCUT2D eigenvalue weighted by atomic mass is 19.4. The Kier molecular flexibility index (Phi) is 5.91. The second-order valence-electron chi connectivity index (χ2n) is 9.71. The second-order valence-corrected chi connectivity index (χ2v) is 9.71. The van der Waals surface area contributed by atoms with Crippen molar-refractivity contribution in [2.24, 2.45) is 0 Å². The number of carbonyl (C=O) groups excluding carboxylic acids is 1. The summed E-state index contributed by atoms with van der Waals surface area (Å²) in [6.45, 7) is 6.68. The van der Waals surface area contributed by atoms with Crippen LogP contribution < -0.4 is 10.2 Å². The summed E-state index contributed by atoms with van der Waals surface area (Å²) >= 11 is 0. The lowest BCUT2D eigenvalue weighted by Crippen LogP contribution is -2.56. The highest BCUT2D eigenvalue weighted by Crippen LogP contribution is 2.36. The van der Waals surface area contributed by atoms with Crippen LogP contribution in [0.5, 0.6) is 0 Å². The highest BCUT2D eigenvalue weighted by molar-refractivity contribution is 5.96. The van der Waals surface area contributed by atoms with E-state index in [1.54, 1.807) is 18.2 Å². The lowest BCUT2D eigenvalue weighted by atomic mass is 9.84. The van der Waals surface area contributed by atoms with Crippen molar-refractivity contribution in [1.82, 2.24) is 14.9 Å². The fourth-order valence-corrected chi connectivity index (χ4v) is 4.70. The maximum atomic E-state index is 13.5. The van der Waals surface area contributed by atoms with Crippen LogP contribution in [-0.2, 0) is 11.6 Å². The van der Waals surface area contributed by atoms with Gasteiger partial charge < -0.3 is 14.9 Å². The molecule has 182 valence electrons. The van der Waals surface area contributed by atoms with Crippen LogP contribution >= 0.6 is 0 Å². The van der Waals surface area contributed by atoms with Crippen LogP contribution in [0.25, 0.3) is 0 Å². The fourth-order valence-electron chi connectivity index (χ4n) is 4.70. The van der Waals surface area contributed by atoms with Crippen molar-refractivity contribution in [3.63, 3.8) is 0 Å². The quantitative estimate of drug-likeness (QED) is 0.681. The largest absolute Gasteiger partial charge is 0.465 e. The average Bonchev–Trinajstić information content (AvgIpc) is 3.01. The van der Waals surface area contributed by atoms with E-state index in [0.717, 1.165) is 25.2 Å². The molecule has 0 aliphatic carbocycles. The Hall–Kier alpha value is -3.37. The van der Waals surface area contributed by atoms with E-state index in [-0.39, 0.29) is 23.9 Å². The zero-order chi connectivity index (χ0) is 24.8. The van der Waals surface area contributed by atoms with Gasteiger partial charge in [-0.2, -0.15) is 13.2 Å².